The third-order valence-corrected chi connectivity index (χ3v) is 3.62. The second-order valence-corrected chi connectivity index (χ2v) is 5.70. The summed E-state index contributed by atoms with van der Waals surface area (Å²) in [7, 11) is 0. The molecule has 1 fully saturated rings. The average Bonchev–Trinajstić information content (AvgIpc) is 2.69. The van der Waals surface area contributed by atoms with Gasteiger partial charge in [-0.05, 0) is 30.7 Å². The van der Waals surface area contributed by atoms with Gasteiger partial charge in [0.25, 0.3) is 5.91 Å². The summed E-state index contributed by atoms with van der Waals surface area (Å²) in [5.74, 6) is -0.874. The number of nitrogens with zero attached hydrogens (tertiary/aromatic N) is 1. The maximum Gasteiger partial charge on any atom is 0.254 e. The van der Waals surface area contributed by atoms with Gasteiger partial charge in [0.2, 0.25) is 5.91 Å². The molecule has 1 saturated heterocycles. The van der Waals surface area contributed by atoms with Crippen LogP contribution < -0.4 is 5.73 Å². The monoisotopic (exact) mass is 326 g/mol. The Morgan fingerprint density at radius 3 is 2.68 bits per heavy atom. The summed E-state index contributed by atoms with van der Waals surface area (Å²) in [5, 5.41) is 9.61. The molecule has 0 aliphatic carbocycles. The predicted octanol–water partition coefficient (Wildman–Crippen LogP) is 0.818. The zero-order chi connectivity index (χ0) is 14.2. The highest BCUT2D eigenvalue weighted by atomic mass is 79.9. The minimum atomic E-state index is -0.734. The van der Waals surface area contributed by atoms with E-state index in [0.717, 1.165) is 10.0 Å². The van der Waals surface area contributed by atoms with Gasteiger partial charge in [0.05, 0.1) is 6.10 Å². The topological polar surface area (TPSA) is 83.6 Å². The van der Waals surface area contributed by atoms with Crippen molar-refractivity contribution in [3.8, 4) is 0 Å². The molecule has 19 heavy (non-hydrogen) atoms. The first-order valence-corrected chi connectivity index (χ1v) is 6.73. The fourth-order valence-electron chi connectivity index (χ4n) is 2.33. The van der Waals surface area contributed by atoms with Crippen molar-refractivity contribution in [2.45, 2.75) is 25.5 Å². The molecular weight excluding hydrogens is 312 g/mol. The molecule has 1 aromatic rings. The molecule has 0 saturated carbocycles. The molecular formula is C13H15BrN2O3. The Hall–Kier alpha value is -1.40. The largest absolute Gasteiger partial charge is 0.391 e. The summed E-state index contributed by atoms with van der Waals surface area (Å²) < 4.78 is 0.797. The van der Waals surface area contributed by atoms with Crippen molar-refractivity contribution >= 4 is 27.7 Å². The zero-order valence-corrected chi connectivity index (χ0v) is 12.1. The molecule has 1 aliphatic rings. The first-order valence-electron chi connectivity index (χ1n) is 5.94. The van der Waals surface area contributed by atoms with Crippen LogP contribution in [0, 0.1) is 6.92 Å². The minimum absolute atomic E-state index is 0.137. The summed E-state index contributed by atoms with van der Waals surface area (Å²) in [6.07, 6.45) is -0.497. The number of primary amides is 1. The average molecular weight is 327 g/mol. The summed E-state index contributed by atoms with van der Waals surface area (Å²) in [6.45, 7) is 2.02. The highest BCUT2D eigenvalue weighted by molar-refractivity contribution is 9.10. The van der Waals surface area contributed by atoms with E-state index in [9.17, 15) is 14.7 Å². The molecule has 1 aromatic carbocycles. The van der Waals surface area contributed by atoms with Crippen molar-refractivity contribution in [3.63, 3.8) is 0 Å². The van der Waals surface area contributed by atoms with Crippen LogP contribution in [0.15, 0.2) is 22.7 Å². The molecule has 1 heterocycles. The smallest absolute Gasteiger partial charge is 0.254 e. The molecule has 1 aliphatic heterocycles. The van der Waals surface area contributed by atoms with Gasteiger partial charge < -0.3 is 15.7 Å². The number of β-amino-alcohol motifs (C(OH)–C–C–N with tert-alkyl or cyclic N) is 1. The quantitative estimate of drug-likeness (QED) is 0.843. The van der Waals surface area contributed by atoms with Crippen LogP contribution in [0.25, 0.3) is 0 Å². The summed E-state index contributed by atoms with van der Waals surface area (Å²) >= 11 is 3.33. The van der Waals surface area contributed by atoms with Gasteiger partial charge in [-0.1, -0.05) is 15.9 Å². The summed E-state index contributed by atoms with van der Waals surface area (Å²) in [4.78, 5) is 25.1. The number of halogens is 1. The van der Waals surface area contributed by atoms with Crippen LogP contribution in [0.2, 0.25) is 0 Å². The van der Waals surface area contributed by atoms with Crippen molar-refractivity contribution in [1.82, 2.24) is 4.90 Å². The van der Waals surface area contributed by atoms with Gasteiger partial charge in [-0.2, -0.15) is 0 Å². The second kappa shape index (κ2) is 5.30. The lowest BCUT2D eigenvalue weighted by atomic mass is 10.1. The van der Waals surface area contributed by atoms with Gasteiger partial charge in [0, 0.05) is 23.0 Å². The summed E-state index contributed by atoms with van der Waals surface area (Å²) in [5.41, 5.74) is 6.69. The molecule has 3 N–H and O–H groups in total. The maximum absolute atomic E-state index is 12.4. The number of rotatable bonds is 2. The van der Waals surface area contributed by atoms with E-state index in [1.165, 1.54) is 4.90 Å². The van der Waals surface area contributed by atoms with Crippen LogP contribution in [-0.4, -0.2) is 40.5 Å². The van der Waals surface area contributed by atoms with Crippen LogP contribution in [-0.2, 0) is 4.79 Å². The molecule has 0 radical (unpaired) electrons. The van der Waals surface area contributed by atoms with E-state index in [4.69, 9.17) is 5.73 Å². The Morgan fingerprint density at radius 2 is 2.11 bits per heavy atom. The summed E-state index contributed by atoms with van der Waals surface area (Å²) in [6, 6.07) is 4.59. The van der Waals surface area contributed by atoms with E-state index >= 15 is 0 Å². The number of nitrogens with two attached hydrogens (primary N) is 1. The minimum Gasteiger partial charge on any atom is -0.391 e. The van der Waals surface area contributed by atoms with Crippen molar-refractivity contribution in [2.24, 2.45) is 5.73 Å². The molecule has 0 spiro atoms. The van der Waals surface area contributed by atoms with Crippen molar-refractivity contribution in [2.75, 3.05) is 6.54 Å². The predicted molar refractivity (Wildman–Crippen MR) is 73.5 cm³/mol. The fraction of sp³-hybridized carbons (Fsp3) is 0.385. The molecule has 5 nitrogen and oxygen atoms in total. The Labute approximate surface area is 119 Å². The van der Waals surface area contributed by atoms with E-state index in [2.05, 4.69) is 15.9 Å². The van der Waals surface area contributed by atoms with Gasteiger partial charge in [-0.3, -0.25) is 9.59 Å². The standard InChI is InChI=1S/C13H15BrN2O3/c1-7-2-8(4-9(14)3-7)13(19)16-6-10(17)5-11(16)12(15)18/h2-4,10-11,17H,5-6H2,1H3,(H2,15,18). The highest BCUT2D eigenvalue weighted by Gasteiger charge is 2.38. The number of carbonyl (C=O) groups is 2. The third-order valence-electron chi connectivity index (χ3n) is 3.16. The number of aryl methyl sites for hydroxylation is 1. The van der Waals surface area contributed by atoms with Crippen LogP contribution in [0.5, 0.6) is 0 Å². The molecule has 2 amide bonds. The SMILES string of the molecule is Cc1cc(Br)cc(C(=O)N2CC(O)CC2C(N)=O)c1. The number of likely N-dealkylation sites (tertiary alicyclic amines) is 1. The van der Waals surface area contributed by atoms with Gasteiger partial charge in [-0.25, -0.2) is 0 Å². The second-order valence-electron chi connectivity index (χ2n) is 4.78. The van der Waals surface area contributed by atoms with Gasteiger partial charge >= 0.3 is 0 Å². The van der Waals surface area contributed by atoms with Crippen molar-refractivity contribution < 1.29 is 14.7 Å². The maximum atomic E-state index is 12.4. The first-order chi connectivity index (χ1) is 8.88. The molecule has 2 atom stereocenters. The van der Waals surface area contributed by atoms with Crippen LogP contribution in [0.1, 0.15) is 22.3 Å². The van der Waals surface area contributed by atoms with Crippen LogP contribution in [0.4, 0.5) is 0 Å². The molecule has 0 bridgehead atoms. The van der Waals surface area contributed by atoms with E-state index in [1.54, 1.807) is 12.1 Å². The van der Waals surface area contributed by atoms with Crippen LogP contribution in [0.3, 0.4) is 0 Å². The van der Waals surface area contributed by atoms with Gasteiger partial charge in [0.1, 0.15) is 6.04 Å². The number of aliphatic hydroxyl groups is 1. The number of hydrogen-bond acceptors (Lipinski definition) is 3. The number of aliphatic hydroxyl groups excluding tert-OH is 1. The molecule has 2 rings (SSSR count). The number of hydrogen-bond donors (Lipinski definition) is 2. The van der Waals surface area contributed by atoms with E-state index in [1.807, 2.05) is 13.0 Å². The Morgan fingerprint density at radius 1 is 1.42 bits per heavy atom. The Bertz CT molecular complexity index is 512. The normalized spacial score (nSPS) is 22.6. The lowest BCUT2D eigenvalue weighted by molar-refractivity contribution is -0.121. The Kier molecular flexibility index (Phi) is 3.91. The van der Waals surface area contributed by atoms with Crippen LogP contribution >= 0.6 is 15.9 Å². The number of carbonyl (C=O) groups excluding carboxylic acids is 2. The highest BCUT2D eigenvalue weighted by Crippen LogP contribution is 2.23. The molecule has 0 aromatic heterocycles. The molecule has 6 heteroatoms. The van der Waals surface area contributed by atoms with E-state index in [0.29, 0.717) is 5.56 Å². The van der Waals surface area contributed by atoms with Crippen molar-refractivity contribution in [1.29, 1.82) is 0 Å². The molecule has 102 valence electrons. The van der Waals surface area contributed by atoms with Gasteiger partial charge in [0.15, 0.2) is 0 Å². The number of amides is 2. The Balaban J connectivity index is 2.30. The number of benzene rings is 1. The first kappa shape index (κ1) is 14.0. The lowest BCUT2D eigenvalue weighted by Crippen LogP contribution is -2.43. The van der Waals surface area contributed by atoms with E-state index in [-0.39, 0.29) is 18.9 Å². The van der Waals surface area contributed by atoms with Crippen molar-refractivity contribution in [3.05, 3.63) is 33.8 Å². The zero-order valence-electron chi connectivity index (χ0n) is 10.5. The van der Waals surface area contributed by atoms with Gasteiger partial charge in [-0.15, -0.1) is 0 Å². The third kappa shape index (κ3) is 2.96. The van der Waals surface area contributed by atoms with E-state index < -0.39 is 18.1 Å². The fourth-order valence-corrected chi connectivity index (χ4v) is 2.94. The lowest BCUT2D eigenvalue weighted by Gasteiger charge is -2.22. The molecule has 2 unspecified atom stereocenters.